The lowest BCUT2D eigenvalue weighted by Gasteiger charge is -1.97. The highest BCUT2D eigenvalue weighted by molar-refractivity contribution is 6.08. The Morgan fingerprint density at radius 2 is 2.14 bits per heavy atom. The van der Waals surface area contributed by atoms with Crippen LogP contribution in [0.3, 0.4) is 0 Å². The van der Waals surface area contributed by atoms with Crippen LogP contribution in [0.2, 0.25) is 0 Å². The molecule has 0 atom stereocenters. The van der Waals surface area contributed by atoms with E-state index in [9.17, 15) is 0 Å². The molecule has 0 unspecified atom stereocenters. The first-order chi connectivity index (χ1) is 3.41. The Morgan fingerprint density at radius 3 is 2.57 bits per heavy atom. The standard InChI is InChI=1S/C4H9O2Si/c1-2-5-3-6-4-7/h2-4H2,1H3. The molecule has 0 spiro atoms. The van der Waals surface area contributed by atoms with Gasteiger partial charge in [0.25, 0.3) is 0 Å². The molecule has 0 bridgehead atoms. The van der Waals surface area contributed by atoms with Crippen LogP contribution in [0.25, 0.3) is 0 Å². The van der Waals surface area contributed by atoms with Gasteiger partial charge in [-0.15, -0.1) is 0 Å². The molecule has 3 radical (unpaired) electrons. The Morgan fingerprint density at radius 1 is 1.43 bits per heavy atom. The van der Waals surface area contributed by atoms with E-state index >= 15 is 0 Å². The van der Waals surface area contributed by atoms with Gasteiger partial charge in [0, 0.05) is 12.8 Å². The summed E-state index contributed by atoms with van der Waals surface area (Å²) in [5, 5.41) is 0. The van der Waals surface area contributed by atoms with Gasteiger partial charge in [0.05, 0.1) is 10.2 Å². The van der Waals surface area contributed by atoms with Crippen molar-refractivity contribution in [3.05, 3.63) is 0 Å². The van der Waals surface area contributed by atoms with Crippen LogP contribution in [-0.2, 0) is 9.47 Å². The molecule has 0 aromatic carbocycles. The average Bonchev–Trinajstić information content (AvgIpc) is 1.69. The van der Waals surface area contributed by atoms with Crippen molar-refractivity contribution in [2.45, 2.75) is 6.92 Å². The Balaban J connectivity index is 2.45. The average molecular weight is 117 g/mol. The predicted octanol–water partition coefficient (Wildman–Crippen LogP) is 0.123. The van der Waals surface area contributed by atoms with Crippen molar-refractivity contribution in [3.8, 4) is 0 Å². The first-order valence-electron chi connectivity index (χ1n) is 2.22. The van der Waals surface area contributed by atoms with Gasteiger partial charge < -0.3 is 9.47 Å². The van der Waals surface area contributed by atoms with Crippen LogP contribution in [0.5, 0.6) is 0 Å². The third kappa shape index (κ3) is 6.14. The van der Waals surface area contributed by atoms with E-state index in [2.05, 4.69) is 10.2 Å². The van der Waals surface area contributed by atoms with Gasteiger partial charge in [0.1, 0.15) is 6.79 Å². The first kappa shape index (κ1) is 7.14. The Hall–Kier alpha value is 0.137. The van der Waals surface area contributed by atoms with Gasteiger partial charge in [0.15, 0.2) is 0 Å². The zero-order valence-corrected chi connectivity index (χ0v) is 5.44. The van der Waals surface area contributed by atoms with Crippen molar-refractivity contribution in [2.75, 3.05) is 19.6 Å². The minimum Gasteiger partial charge on any atom is -0.360 e. The van der Waals surface area contributed by atoms with Crippen LogP contribution in [-0.4, -0.2) is 29.9 Å². The summed E-state index contributed by atoms with van der Waals surface area (Å²) < 4.78 is 9.59. The van der Waals surface area contributed by atoms with Gasteiger partial charge in [-0.25, -0.2) is 0 Å². The van der Waals surface area contributed by atoms with Gasteiger partial charge in [-0.05, 0) is 6.92 Å². The molecule has 0 saturated carbocycles. The minimum absolute atomic E-state index is 0.389. The Bertz CT molecular complexity index is 28.9. The summed E-state index contributed by atoms with van der Waals surface area (Å²) in [5.41, 5.74) is 0. The van der Waals surface area contributed by atoms with Gasteiger partial charge in [-0.1, -0.05) is 0 Å². The largest absolute Gasteiger partial charge is 0.360 e. The second-order valence-corrected chi connectivity index (χ2v) is 1.25. The van der Waals surface area contributed by atoms with Crippen LogP contribution in [0.15, 0.2) is 0 Å². The highest BCUT2D eigenvalue weighted by Crippen LogP contribution is 1.72. The van der Waals surface area contributed by atoms with E-state index in [1.165, 1.54) is 0 Å². The number of ether oxygens (including phenoxy) is 2. The van der Waals surface area contributed by atoms with Gasteiger partial charge in [-0.3, -0.25) is 0 Å². The van der Waals surface area contributed by atoms with E-state index < -0.39 is 0 Å². The lowest BCUT2D eigenvalue weighted by molar-refractivity contribution is -0.0327. The topological polar surface area (TPSA) is 18.5 Å². The molecule has 41 valence electrons. The highest BCUT2D eigenvalue weighted by atomic mass is 28.1. The molecule has 0 aromatic rings. The second-order valence-electron chi connectivity index (χ2n) is 0.959. The predicted molar refractivity (Wildman–Crippen MR) is 28.2 cm³/mol. The molecule has 7 heavy (non-hydrogen) atoms. The van der Waals surface area contributed by atoms with Crippen molar-refractivity contribution >= 4 is 10.2 Å². The summed E-state index contributed by atoms with van der Waals surface area (Å²) in [6, 6.07) is 0. The summed E-state index contributed by atoms with van der Waals surface area (Å²) in [6.45, 7) is 3.03. The van der Waals surface area contributed by atoms with Crippen LogP contribution in [0.1, 0.15) is 6.92 Å². The van der Waals surface area contributed by atoms with Gasteiger partial charge in [0.2, 0.25) is 0 Å². The first-order valence-corrected chi connectivity index (χ1v) is 2.92. The molecule has 0 rings (SSSR count). The highest BCUT2D eigenvalue weighted by Gasteiger charge is 1.76. The number of hydrogen-bond acceptors (Lipinski definition) is 2. The van der Waals surface area contributed by atoms with E-state index in [-0.39, 0.29) is 0 Å². The third-order valence-electron chi connectivity index (χ3n) is 0.473. The van der Waals surface area contributed by atoms with Crippen LogP contribution in [0, 0.1) is 0 Å². The summed E-state index contributed by atoms with van der Waals surface area (Å²) in [4.78, 5) is 0. The minimum atomic E-state index is 0.389. The lowest BCUT2D eigenvalue weighted by atomic mass is 10.9. The zero-order chi connectivity index (χ0) is 5.54. The maximum Gasteiger partial charge on any atom is 0.146 e. The van der Waals surface area contributed by atoms with E-state index in [0.717, 1.165) is 0 Å². The maximum atomic E-state index is 4.82. The fourth-order valence-electron chi connectivity index (χ4n) is 0.184. The number of rotatable bonds is 4. The Kier molecular flexibility index (Phi) is 6.26. The van der Waals surface area contributed by atoms with Crippen LogP contribution < -0.4 is 0 Å². The Labute approximate surface area is 47.2 Å². The fraction of sp³-hybridized carbons (Fsp3) is 1.00. The quantitative estimate of drug-likeness (QED) is 0.296. The maximum absolute atomic E-state index is 4.82. The normalized spacial score (nSPS) is 9.43. The molecule has 0 heterocycles. The SMILES string of the molecule is CCOCOC[Si]. The molecule has 0 saturated heterocycles. The molecular weight excluding hydrogens is 108 g/mol. The van der Waals surface area contributed by atoms with Gasteiger partial charge in [-0.2, -0.15) is 0 Å². The van der Waals surface area contributed by atoms with Crippen LogP contribution in [0.4, 0.5) is 0 Å². The van der Waals surface area contributed by atoms with E-state index in [1.807, 2.05) is 6.92 Å². The molecule has 2 nitrogen and oxygen atoms in total. The van der Waals surface area contributed by atoms with Gasteiger partial charge >= 0.3 is 0 Å². The molecule has 0 aliphatic rings. The summed E-state index contributed by atoms with van der Waals surface area (Å²) in [6.07, 6.45) is 0.542. The van der Waals surface area contributed by atoms with E-state index in [4.69, 9.17) is 9.47 Å². The molecule has 0 N–H and O–H groups in total. The molecule has 0 aromatic heterocycles. The van der Waals surface area contributed by atoms with Crippen molar-refractivity contribution in [3.63, 3.8) is 0 Å². The number of hydrogen-bond donors (Lipinski definition) is 0. The molecule has 0 aliphatic carbocycles. The summed E-state index contributed by atoms with van der Waals surface area (Å²) >= 11 is 0. The molecule has 3 heteroatoms. The third-order valence-corrected chi connectivity index (χ3v) is 0.677. The molecular formula is C4H9O2Si. The lowest BCUT2D eigenvalue weighted by Crippen LogP contribution is -1.99. The molecule has 0 amide bonds. The van der Waals surface area contributed by atoms with Crippen molar-refractivity contribution in [2.24, 2.45) is 0 Å². The fourth-order valence-corrected chi connectivity index (χ4v) is 0.267. The summed E-state index contributed by atoms with van der Waals surface area (Å²) in [7, 11) is 3.12. The van der Waals surface area contributed by atoms with Crippen molar-refractivity contribution < 1.29 is 9.47 Å². The zero-order valence-electron chi connectivity index (χ0n) is 4.44. The smallest absolute Gasteiger partial charge is 0.146 e. The molecule has 0 fully saturated rings. The van der Waals surface area contributed by atoms with E-state index in [0.29, 0.717) is 19.6 Å². The monoisotopic (exact) mass is 117 g/mol. The second kappa shape index (κ2) is 6.14. The van der Waals surface area contributed by atoms with E-state index in [1.54, 1.807) is 0 Å². The van der Waals surface area contributed by atoms with Crippen molar-refractivity contribution in [1.82, 2.24) is 0 Å². The van der Waals surface area contributed by atoms with Crippen LogP contribution >= 0.6 is 0 Å². The molecule has 0 aliphatic heterocycles. The van der Waals surface area contributed by atoms with Crippen molar-refractivity contribution in [1.29, 1.82) is 0 Å². The summed E-state index contributed by atoms with van der Waals surface area (Å²) in [5.74, 6) is 0.